The standard InChI is InChI=1S/C33H26NO2.C22H30N.Ir/c1-19-18-34-26(16-20(19)17-33(2,3)4)23-13-9-14-25-29-28-24-12-7-8-15-27(24)35-31(28)21-10-5-6-11-22(21)32(29)36-30(23)25;1-16-8-10-17(11-9-16)20-12-18(13-21(2,3)4)19(15-23-20)14-22(5,6)7;/h5-12,14-16,18H,17H2,1-4H3;8-10,12,15H,13-14H2,1-7H3;/q2*-1;/i1D3,17D2;1D3,13D2,14D2;. The molecule has 5 heteroatoms. The predicted octanol–water partition coefficient (Wildman–Crippen LogP) is 15.4. The van der Waals surface area contributed by atoms with Gasteiger partial charge in [-0.3, -0.25) is 0 Å². The molecule has 0 fully saturated rings. The molecule has 1 radical (unpaired) electrons. The minimum atomic E-state index is -2.53. The van der Waals surface area contributed by atoms with E-state index in [0.717, 1.165) is 43.5 Å². The average Bonchev–Trinajstić information content (AvgIpc) is 3.87. The Balaban J connectivity index is 0.000000220. The number of aromatic nitrogens is 2. The van der Waals surface area contributed by atoms with Gasteiger partial charge in [-0.2, -0.15) is 0 Å². The molecule has 5 aromatic carbocycles. The summed E-state index contributed by atoms with van der Waals surface area (Å²) in [5.74, 6) is 0. The van der Waals surface area contributed by atoms with Gasteiger partial charge in [0.1, 0.15) is 16.7 Å². The molecule has 0 unspecified atom stereocenters. The van der Waals surface area contributed by atoms with Crippen molar-refractivity contribution < 1.29 is 45.4 Å². The van der Waals surface area contributed by atoms with Gasteiger partial charge in [-0.05, 0) is 76.4 Å². The summed E-state index contributed by atoms with van der Waals surface area (Å²) in [5.41, 5.74) is 2.88. The van der Waals surface area contributed by atoms with Crippen LogP contribution in [0.15, 0.2) is 112 Å². The zero-order chi connectivity index (χ0) is 52.2. The summed E-state index contributed by atoms with van der Waals surface area (Å²) in [4.78, 5) is 8.92. The fourth-order valence-corrected chi connectivity index (χ4v) is 7.35. The van der Waals surface area contributed by atoms with Crippen molar-refractivity contribution in [3.63, 3.8) is 0 Å². The number of pyridine rings is 2. The molecule has 9 aromatic rings. The molecule has 9 rings (SSSR count). The molecule has 0 saturated carbocycles. The molecule has 309 valence electrons. The molecule has 60 heavy (non-hydrogen) atoms. The van der Waals surface area contributed by atoms with Crippen LogP contribution in [0.1, 0.15) is 107 Å². The Morgan fingerprint density at radius 1 is 0.583 bits per heavy atom. The van der Waals surface area contributed by atoms with E-state index in [1.54, 1.807) is 86.6 Å². The van der Waals surface area contributed by atoms with Gasteiger partial charge in [0, 0.05) is 75.9 Å². The first-order valence-corrected chi connectivity index (χ1v) is 19.8. The van der Waals surface area contributed by atoms with Gasteiger partial charge in [0.25, 0.3) is 0 Å². The van der Waals surface area contributed by atoms with Crippen molar-refractivity contribution in [2.24, 2.45) is 16.2 Å². The molecule has 0 N–H and O–H groups in total. The molecule has 0 saturated heterocycles. The van der Waals surface area contributed by atoms with Crippen molar-refractivity contribution >= 4 is 54.6 Å². The fraction of sp³-hybridized carbons (Fsp3) is 0.309. The third-order valence-corrected chi connectivity index (χ3v) is 9.59. The number of rotatable bonds is 5. The summed E-state index contributed by atoms with van der Waals surface area (Å²) in [7, 11) is 0. The Labute approximate surface area is 386 Å². The normalized spacial score (nSPS) is 16.4. The van der Waals surface area contributed by atoms with Gasteiger partial charge >= 0.3 is 0 Å². The average molecular weight is 981 g/mol. The summed E-state index contributed by atoms with van der Waals surface area (Å²) in [5, 5.41) is 5.55. The van der Waals surface area contributed by atoms with E-state index in [1.165, 1.54) is 24.5 Å². The molecule has 4 nitrogen and oxygen atoms in total. The number of para-hydroxylation sites is 1. The second-order valence-electron chi connectivity index (χ2n) is 18.1. The van der Waals surface area contributed by atoms with Gasteiger partial charge in [0.05, 0.1) is 5.58 Å². The van der Waals surface area contributed by atoms with Crippen LogP contribution >= 0.6 is 0 Å². The Hall–Kier alpha value is -5.09. The molecule has 0 atom stereocenters. The molecule has 0 bridgehead atoms. The van der Waals surface area contributed by atoms with Crippen LogP contribution in [0.5, 0.6) is 0 Å². The first-order valence-electron chi connectivity index (χ1n) is 25.8. The van der Waals surface area contributed by atoms with Crippen LogP contribution in [-0.4, -0.2) is 9.97 Å². The van der Waals surface area contributed by atoms with E-state index in [4.69, 9.17) is 25.3 Å². The van der Waals surface area contributed by atoms with E-state index in [0.29, 0.717) is 33.7 Å². The predicted molar refractivity (Wildman–Crippen MR) is 248 cm³/mol. The SMILES string of the molecule is [2H]C([2H])([2H])c1c[c-]c(-c2cc(C([2H])([2H])C(C)(C)C)c(C([2H])([2H])C(C)(C)C)cn2)cc1.[2H]C([2H])([2H])c1cnc(-c2[c-]ccc3c2oc2c4ccccc4c4oc5ccccc5c4c32)cc1C([2H])([2H])C(C)(C)C.[Ir]. The maximum Gasteiger partial charge on any atom is 0.144 e. The van der Waals surface area contributed by atoms with E-state index < -0.39 is 49.1 Å². The van der Waals surface area contributed by atoms with Crippen LogP contribution in [0, 0.1) is 42.1 Å². The fourth-order valence-electron chi connectivity index (χ4n) is 7.35. The Bertz CT molecular complexity index is 3500. The Morgan fingerprint density at radius 3 is 1.83 bits per heavy atom. The third-order valence-electron chi connectivity index (χ3n) is 9.59. The maximum absolute atomic E-state index is 8.93. The molecule has 0 aliphatic rings. The minimum absolute atomic E-state index is 0. The number of aryl methyl sites for hydroxylation is 2. The second-order valence-corrected chi connectivity index (χ2v) is 18.1. The van der Waals surface area contributed by atoms with Crippen LogP contribution < -0.4 is 0 Å². The van der Waals surface area contributed by atoms with Gasteiger partial charge < -0.3 is 18.8 Å². The van der Waals surface area contributed by atoms with E-state index in [1.807, 2.05) is 54.6 Å². The quantitative estimate of drug-likeness (QED) is 0.161. The third kappa shape index (κ3) is 8.99. The number of hydrogen-bond acceptors (Lipinski definition) is 4. The summed E-state index contributed by atoms with van der Waals surface area (Å²) in [6.45, 7) is 11.2. The summed E-state index contributed by atoms with van der Waals surface area (Å²) >= 11 is 0. The monoisotopic (exact) mass is 981 g/mol. The topological polar surface area (TPSA) is 52.1 Å². The van der Waals surface area contributed by atoms with Crippen LogP contribution in [0.4, 0.5) is 0 Å². The number of fused-ring (bicyclic) bond motifs is 10. The Morgan fingerprint density at radius 2 is 1.18 bits per heavy atom. The van der Waals surface area contributed by atoms with Gasteiger partial charge in [0.2, 0.25) is 0 Å². The van der Waals surface area contributed by atoms with Gasteiger partial charge in [-0.25, -0.2) is 0 Å². The molecule has 0 aliphatic carbocycles. The number of hydrogen-bond donors (Lipinski definition) is 0. The van der Waals surface area contributed by atoms with Crippen LogP contribution in [-0.2, 0) is 39.2 Å². The first kappa shape index (κ1) is 30.0. The molecule has 0 spiro atoms. The number of nitrogens with zero attached hydrogens (tertiary/aromatic N) is 2. The van der Waals surface area contributed by atoms with E-state index in [2.05, 4.69) is 22.1 Å². The molecule has 4 heterocycles. The van der Waals surface area contributed by atoms with Crippen molar-refractivity contribution in [1.82, 2.24) is 9.97 Å². The zero-order valence-electron chi connectivity index (χ0n) is 47.4. The molecular weight excluding hydrogens is 913 g/mol. The molecule has 4 aromatic heterocycles. The first-order chi connectivity index (χ1) is 32.7. The maximum atomic E-state index is 8.93. The van der Waals surface area contributed by atoms with Crippen molar-refractivity contribution in [2.45, 2.75) is 95.1 Å². The van der Waals surface area contributed by atoms with Crippen molar-refractivity contribution in [3.8, 4) is 22.5 Å². The molecule has 0 aliphatic heterocycles. The van der Waals surface area contributed by atoms with E-state index >= 15 is 0 Å². The Kier molecular flexibility index (Phi) is 8.21. The van der Waals surface area contributed by atoms with Gasteiger partial charge in [-0.15, -0.1) is 53.6 Å². The second kappa shape index (κ2) is 16.4. The zero-order valence-corrected chi connectivity index (χ0v) is 37.8. The summed E-state index contributed by atoms with van der Waals surface area (Å²) in [6, 6.07) is 33.4. The van der Waals surface area contributed by atoms with Crippen LogP contribution in [0.2, 0.25) is 0 Å². The van der Waals surface area contributed by atoms with Crippen molar-refractivity contribution in [1.29, 1.82) is 0 Å². The van der Waals surface area contributed by atoms with E-state index in [9.17, 15) is 0 Å². The molecular formula is C55H56IrN2O2-2. The van der Waals surface area contributed by atoms with Crippen LogP contribution in [0.3, 0.4) is 0 Å². The van der Waals surface area contributed by atoms with Crippen molar-refractivity contribution in [2.75, 3.05) is 0 Å². The smallest absolute Gasteiger partial charge is 0.144 e. The van der Waals surface area contributed by atoms with Gasteiger partial charge in [-0.1, -0.05) is 140 Å². The van der Waals surface area contributed by atoms with Crippen molar-refractivity contribution in [3.05, 3.63) is 143 Å². The van der Waals surface area contributed by atoms with Gasteiger partial charge in [0.15, 0.2) is 0 Å². The van der Waals surface area contributed by atoms with Crippen LogP contribution in [0.25, 0.3) is 77.2 Å². The minimum Gasteiger partial charge on any atom is -0.500 e. The number of furan rings is 2. The summed E-state index contributed by atoms with van der Waals surface area (Å²) < 4.78 is 113. The molecule has 0 amide bonds. The number of benzene rings is 5. The summed E-state index contributed by atoms with van der Waals surface area (Å²) in [6.07, 6.45) is -2.93. The van der Waals surface area contributed by atoms with E-state index in [-0.39, 0.29) is 47.9 Å². The largest absolute Gasteiger partial charge is 0.500 e.